The van der Waals surface area contributed by atoms with Crippen LogP contribution in [0.25, 0.3) is 0 Å². The number of hydrogen-bond donors (Lipinski definition) is 5. The van der Waals surface area contributed by atoms with E-state index in [9.17, 15) is 19.2 Å². The molecular weight excluding hydrogens is 290 g/mol. The van der Waals surface area contributed by atoms with Crippen LogP contribution in [0.1, 0.15) is 25.7 Å². The highest BCUT2D eigenvalue weighted by molar-refractivity contribution is 5.92. The molecule has 1 aliphatic heterocycles. The largest absolute Gasteiger partial charge is 0.354 e. The molecule has 1 atom stereocenters. The lowest BCUT2D eigenvalue weighted by atomic mass is 10.1. The van der Waals surface area contributed by atoms with Gasteiger partial charge in [0.15, 0.2) is 0 Å². The van der Waals surface area contributed by atoms with Crippen molar-refractivity contribution in [2.75, 3.05) is 26.2 Å². The summed E-state index contributed by atoms with van der Waals surface area (Å²) in [5.74, 6) is -1.59. The van der Waals surface area contributed by atoms with Gasteiger partial charge in [0.1, 0.15) is 6.04 Å². The molecule has 9 heteroatoms. The predicted molar refractivity (Wildman–Crippen MR) is 78.5 cm³/mol. The number of rotatable bonds is 4. The second-order valence-corrected chi connectivity index (χ2v) is 5.00. The lowest BCUT2D eigenvalue weighted by Crippen LogP contribution is -2.50. The Bertz CT molecular complexity index is 427. The van der Waals surface area contributed by atoms with Crippen LogP contribution in [-0.2, 0) is 19.2 Å². The summed E-state index contributed by atoms with van der Waals surface area (Å²) in [5, 5.41) is 9.99. The van der Waals surface area contributed by atoms with E-state index in [4.69, 9.17) is 5.73 Å². The quantitative estimate of drug-likeness (QED) is 0.360. The molecule has 1 fully saturated rings. The maximum absolute atomic E-state index is 12.0. The van der Waals surface area contributed by atoms with Crippen molar-refractivity contribution < 1.29 is 19.2 Å². The molecule has 0 bridgehead atoms. The number of carbonyl (C=O) groups excluding carboxylic acids is 4. The predicted octanol–water partition coefficient (Wildman–Crippen LogP) is -2.65. The first-order valence-electron chi connectivity index (χ1n) is 7.33. The first-order chi connectivity index (χ1) is 10.5. The highest BCUT2D eigenvalue weighted by Crippen LogP contribution is 2.01. The number of unbranched alkanes of at least 4 members (excludes halogenated alkanes) is 1. The normalized spacial score (nSPS) is 21.4. The van der Waals surface area contributed by atoms with Gasteiger partial charge < -0.3 is 27.0 Å². The molecule has 0 radical (unpaired) electrons. The molecule has 4 amide bonds. The molecule has 1 saturated heterocycles. The summed E-state index contributed by atoms with van der Waals surface area (Å²) in [7, 11) is 0. The van der Waals surface area contributed by atoms with Crippen LogP contribution >= 0.6 is 0 Å². The van der Waals surface area contributed by atoms with Gasteiger partial charge in [-0.1, -0.05) is 0 Å². The van der Waals surface area contributed by atoms with Crippen molar-refractivity contribution in [1.82, 2.24) is 21.3 Å². The zero-order valence-electron chi connectivity index (χ0n) is 12.4. The van der Waals surface area contributed by atoms with E-state index in [-0.39, 0.29) is 37.9 Å². The Morgan fingerprint density at radius 2 is 1.64 bits per heavy atom. The smallest absolute Gasteiger partial charge is 0.243 e. The van der Waals surface area contributed by atoms with E-state index in [2.05, 4.69) is 21.3 Å². The minimum atomic E-state index is -0.746. The highest BCUT2D eigenvalue weighted by Gasteiger charge is 2.21. The van der Waals surface area contributed by atoms with Crippen LogP contribution < -0.4 is 27.0 Å². The van der Waals surface area contributed by atoms with Crippen LogP contribution in [0.5, 0.6) is 0 Å². The van der Waals surface area contributed by atoms with Crippen LogP contribution in [0.15, 0.2) is 0 Å². The monoisotopic (exact) mass is 313 g/mol. The van der Waals surface area contributed by atoms with Crippen molar-refractivity contribution >= 4 is 23.6 Å². The van der Waals surface area contributed by atoms with E-state index < -0.39 is 17.9 Å². The molecule has 22 heavy (non-hydrogen) atoms. The van der Waals surface area contributed by atoms with Gasteiger partial charge >= 0.3 is 0 Å². The van der Waals surface area contributed by atoms with E-state index in [0.717, 1.165) is 6.42 Å². The molecule has 0 aliphatic carbocycles. The average molecular weight is 313 g/mol. The van der Waals surface area contributed by atoms with Gasteiger partial charge in [-0.15, -0.1) is 0 Å². The van der Waals surface area contributed by atoms with Crippen molar-refractivity contribution in [3.05, 3.63) is 0 Å². The minimum absolute atomic E-state index is 0.0763. The number of nitrogens with one attached hydrogen (secondary N) is 4. The first kappa shape index (κ1) is 17.9. The molecule has 1 unspecified atom stereocenters. The van der Waals surface area contributed by atoms with Gasteiger partial charge in [0.05, 0.1) is 13.1 Å². The summed E-state index contributed by atoms with van der Waals surface area (Å²) in [6.45, 7) is 0.264. The van der Waals surface area contributed by atoms with Gasteiger partial charge in [-0.3, -0.25) is 19.2 Å². The van der Waals surface area contributed by atoms with E-state index in [1.165, 1.54) is 0 Å². The molecule has 9 nitrogen and oxygen atoms in total. The van der Waals surface area contributed by atoms with Crippen LogP contribution in [0, 0.1) is 0 Å². The maximum Gasteiger partial charge on any atom is 0.243 e. The molecule has 0 aromatic rings. The summed E-state index contributed by atoms with van der Waals surface area (Å²) < 4.78 is 0. The Labute approximate surface area is 128 Å². The van der Waals surface area contributed by atoms with Crippen LogP contribution in [0.2, 0.25) is 0 Å². The van der Waals surface area contributed by atoms with Crippen molar-refractivity contribution in [3.8, 4) is 0 Å². The zero-order valence-corrected chi connectivity index (χ0v) is 12.4. The fraction of sp³-hybridized carbons (Fsp3) is 0.692. The Balaban J connectivity index is 2.67. The van der Waals surface area contributed by atoms with Crippen LogP contribution in [0.3, 0.4) is 0 Å². The molecule has 1 aliphatic rings. The van der Waals surface area contributed by atoms with E-state index in [0.29, 0.717) is 19.4 Å². The van der Waals surface area contributed by atoms with E-state index in [1.54, 1.807) is 0 Å². The van der Waals surface area contributed by atoms with Crippen molar-refractivity contribution in [1.29, 1.82) is 0 Å². The Hall–Kier alpha value is -2.16. The molecular formula is C13H23N5O4. The van der Waals surface area contributed by atoms with E-state index in [1.807, 2.05) is 0 Å². The summed E-state index contributed by atoms with van der Waals surface area (Å²) in [6.07, 6.45) is 1.90. The molecule has 1 heterocycles. The summed E-state index contributed by atoms with van der Waals surface area (Å²) in [5.41, 5.74) is 5.41. The Kier molecular flexibility index (Phi) is 7.90. The van der Waals surface area contributed by atoms with Gasteiger partial charge in [0, 0.05) is 13.0 Å². The maximum atomic E-state index is 12.0. The topological polar surface area (TPSA) is 142 Å². The fourth-order valence-corrected chi connectivity index (χ4v) is 1.94. The van der Waals surface area contributed by atoms with Crippen LogP contribution in [-0.4, -0.2) is 55.8 Å². The lowest BCUT2D eigenvalue weighted by Gasteiger charge is -2.18. The zero-order chi connectivity index (χ0) is 16.4. The van der Waals surface area contributed by atoms with Crippen LogP contribution in [0.4, 0.5) is 0 Å². The third-order valence-electron chi connectivity index (χ3n) is 3.14. The first-order valence-corrected chi connectivity index (χ1v) is 7.33. The highest BCUT2D eigenvalue weighted by atomic mass is 16.2. The van der Waals surface area contributed by atoms with Gasteiger partial charge in [-0.05, 0) is 25.8 Å². The van der Waals surface area contributed by atoms with Gasteiger partial charge in [-0.25, -0.2) is 0 Å². The van der Waals surface area contributed by atoms with Crippen molar-refractivity contribution in [2.45, 2.75) is 31.7 Å². The molecule has 0 saturated carbocycles. The van der Waals surface area contributed by atoms with Crippen molar-refractivity contribution in [2.24, 2.45) is 5.73 Å². The number of nitrogens with two attached hydrogens (primary N) is 1. The minimum Gasteiger partial charge on any atom is -0.354 e. The van der Waals surface area contributed by atoms with E-state index >= 15 is 0 Å². The average Bonchev–Trinajstić information content (AvgIpc) is 2.49. The number of hydrogen-bond acceptors (Lipinski definition) is 5. The Morgan fingerprint density at radius 3 is 2.36 bits per heavy atom. The number of carbonyl (C=O) groups is 4. The standard InChI is InChI=1S/C13H23N5O4/c14-5-2-1-3-9-13(22)17-7-11(20)15-6-4-10(19)16-8-12(21)18-9/h9H,1-8,14H2,(H,15,20)(H,16,19)(H,17,22)(H,18,21). The summed E-state index contributed by atoms with van der Waals surface area (Å²) in [4.78, 5) is 46.8. The molecule has 0 aromatic carbocycles. The van der Waals surface area contributed by atoms with Gasteiger partial charge in [0.25, 0.3) is 0 Å². The summed E-state index contributed by atoms with van der Waals surface area (Å²) >= 11 is 0. The third kappa shape index (κ3) is 7.02. The SMILES string of the molecule is NCCCCC1NC(=O)CNC(=O)CCNC(=O)CNC1=O. The third-order valence-corrected chi connectivity index (χ3v) is 3.14. The molecule has 0 aromatic heterocycles. The number of amides is 4. The second-order valence-electron chi connectivity index (χ2n) is 5.00. The molecule has 0 spiro atoms. The van der Waals surface area contributed by atoms with Gasteiger partial charge in [-0.2, -0.15) is 0 Å². The summed E-state index contributed by atoms with van der Waals surface area (Å²) in [6, 6.07) is -0.746. The molecule has 6 N–H and O–H groups in total. The van der Waals surface area contributed by atoms with Crippen molar-refractivity contribution in [3.63, 3.8) is 0 Å². The fourth-order valence-electron chi connectivity index (χ4n) is 1.94. The lowest BCUT2D eigenvalue weighted by molar-refractivity contribution is -0.130. The van der Waals surface area contributed by atoms with Gasteiger partial charge in [0.2, 0.25) is 23.6 Å². The molecule has 1 rings (SSSR count). The molecule has 124 valence electrons. The Morgan fingerprint density at radius 1 is 0.909 bits per heavy atom. The second kappa shape index (κ2) is 9.72.